The van der Waals surface area contributed by atoms with E-state index < -0.39 is 15.9 Å². The maximum absolute atomic E-state index is 12.6. The molecule has 6 heteroatoms. The van der Waals surface area contributed by atoms with Crippen molar-refractivity contribution < 1.29 is 13.2 Å². The van der Waals surface area contributed by atoms with Gasteiger partial charge in [0.1, 0.15) is 6.54 Å². The highest BCUT2D eigenvalue weighted by molar-refractivity contribution is 7.92. The van der Waals surface area contributed by atoms with Gasteiger partial charge in [-0.25, -0.2) is 8.42 Å². The molecule has 0 fully saturated rings. The highest BCUT2D eigenvalue weighted by Crippen LogP contribution is 2.26. The van der Waals surface area contributed by atoms with Crippen molar-refractivity contribution in [1.82, 2.24) is 0 Å². The Hall–Kier alpha value is -2.86. The number of rotatable bonds is 5. The molecular formula is C23H26N2O3S. The Balaban J connectivity index is 1.80. The molecule has 3 rings (SSSR count). The summed E-state index contributed by atoms with van der Waals surface area (Å²) in [6.45, 7) is 5.98. The number of benzene rings is 3. The van der Waals surface area contributed by atoms with Crippen molar-refractivity contribution in [3.05, 3.63) is 72.3 Å². The largest absolute Gasteiger partial charge is 0.324 e. The monoisotopic (exact) mass is 410 g/mol. The van der Waals surface area contributed by atoms with E-state index in [2.05, 4.69) is 26.1 Å². The van der Waals surface area contributed by atoms with E-state index in [0.717, 1.165) is 26.9 Å². The second-order valence-electron chi connectivity index (χ2n) is 8.18. The van der Waals surface area contributed by atoms with Crippen LogP contribution in [0.3, 0.4) is 0 Å². The molecule has 29 heavy (non-hydrogen) atoms. The van der Waals surface area contributed by atoms with Crippen molar-refractivity contribution >= 4 is 38.1 Å². The molecule has 1 N–H and O–H groups in total. The Bertz CT molecular complexity index is 1130. The summed E-state index contributed by atoms with van der Waals surface area (Å²) < 4.78 is 25.8. The first-order valence-electron chi connectivity index (χ1n) is 9.41. The highest BCUT2D eigenvalue weighted by Gasteiger charge is 2.22. The van der Waals surface area contributed by atoms with Crippen LogP contribution in [-0.2, 0) is 20.2 Å². The first-order chi connectivity index (χ1) is 13.5. The molecule has 3 aromatic carbocycles. The number of nitrogens with zero attached hydrogens (tertiary/aromatic N) is 1. The molecule has 0 saturated heterocycles. The summed E-state index contributed by atoms with van der Waals surface area (Å²) >= 11 is 0. The van der Waals surface area contributed by atoms with Gasteiger partial charge in [0, 0.05) is 5.69 Å². The number of hydrogen-bond acceptors (Lipinski definition) is 3. The van der Waals surface area contributed by atoms with Gasteiger partial charge in [0.05, 0.1) is 11.9 Å². The summed E-state index contributed by atoms with van der Waals surface area (Å²) in [5, 5.41) is 4.87. The topological polar surface area (TPSA) is 66.5 Å². The summed E-state index contributed by atoms with van der Waals surface area (Å²) in [4.78, 5) is 12.6. The quantitative estimate of drug-likeness (QED) is 0.671. The number of fused-ring (bicyclic) bond motifs is 1. The SMILES string of the molecule is CC(C)(C)c1ccc(N(CC(=O)Nc2ccc3ccccc3c2)S(C)(=O)=O)cc1. The molecule has 0 bridgehead atoms. The van der Waals surface area contributed by atoms with Gasteiger partial charge in [0.15, 0.2) is 0 Å². The van der Waals surface area contributed by atoms with Gasteiger partial charge in [0.25, 0.3) is 0 Å². The van der Waals surface area contributed by atoms with E-state index in [0.29, 0.717) is 11.4 Å². The highest BCUT2D eigenvalue weighted by atomic mass is 32.2. The van der Waals surface area contributed by atoms with Gasteiger partial charge in [-0.15, -0.1) is 0 Å². The third-order valence-corrected chi connectivity index (χ3v) is 5.88. The van der Waals surface area contributed by atoms with Crippen molar-refractivity contribution in [2.75, 3.05) is 22.4 Å². The number of anilines is 2. The average Bonchev–Trinajstić information content (AvgIpc) is 2.64. The summed E-state index contributed by atoms with van der Waals surface area (Å²) in [7, 11) is -3.62. The molecule has 0 aliphatic carbocycles. The number of sulfonamides is 1. The first kappa shape index (κ1) is 20.9. The minimum absolute atomic E-state index is 0.0398. The summed E-state index contributed by atoms with van der Waals surface area (Å²) in [6.07, 6.45) is 1.11. The van der Waals surface area contributed by atoms with Crippen LogP contribution >= 0.6 is 0 Å². The zero-order valence-corrected chi connectivity index (χ0v) is 18.0. The fourth-order valence-corrected chi connectivity index (χ4v) is 3.98. The number of nitrogens with one attached hydrogen (secondary N) is 1. The fourth-order valence-electron chi connectivity index (χ4n) is 3.13. The van der Waals surface area contributed by atoms with Crippen LogP contribution in [0.15, 0.2) is 66.7 Å². The first-order valence-corrected chi connectivity index (χ1v) is 11.3. The summed E-state index contributed by atoms with van der Waals surface area (Å²) in [6, 6.07) is 20.7. The molecule has 0 atom stereocenters. The Kier molecular flexibility index (Phi) is 5.66. The molecule has 0 unspecified atom stereocenters. The van der Waals surface area contributed by atoms with E-state index in [9.17, 15) is 13.2 Å². The van der Waals surface area contributed by atoms with Crippen molar-refractivity contribution in [1.29, 1.82) is 0 Å². The van der Waals surface area contributed by atoms with Gasteiger partial charge < -0.3 is 5.32 Å². The lowest BCUT2D eigenvalue weighted by atomic mass is 9.87. The summed E-state index contributed by atoms with van der Waals surface area (Å²) in [5.74, 6) is -0.398. The number of hydrogen-bond donors (Lipinski definition) is 1. The van der Waals surface area contributed by atoms with E-state index in [-0.39, 0.29) is 12.0 Å². The van der Waals surface area contributed by atoms with E-state index in [1.165, 1.54) is 0 Å². The van der Waals surface area contributed by atoms with Gasteiger partial charge in [-0.1, -0.05) is 63.2 Å². The van der Waals surface area contributed by atoms with Crippen molar-refractivity contribution in [3.8, 4) is 0 Å². The lowest BCUT2D eigenvalue weighted by Gasteiger charge is -2.24. The maximum atomic E-state index is 12.6. The normalized spacial score (nSPS) is 12.0. The molecule has 0 heterocycles. The average molecular weight is 411 g/mol. The van der Waals surface area contributed by atoms with Crippen molar-refractivity contribution in [2.24, 2.45) is 0 Å². The molecule has 3 aromatic rings. The van der Waals surface area contributed by atoms with Crippen LogP contribution in [0.1, 0.15) is 26.3 Å². The van der Waals surface area contributed by atoms with Crippen LogP contribution in [0.4, 0.5) is 11.4 Å². The van der Waals surface area contributed by atoms with Crippen LogP contribution in [0.25, 0.3) is 10.8 Å². The van der Waals surface area contributed by atoms with Gasteiger partial charge in [-0.05, 0) is 46.0 Å². The Morgan fingerprint density at radius 1 is 0.931 bits per heavy atom. The van der Waals surface area contributed by atoms with Gasteiger partial charge in [-0.2, -0.15) is 0 Å². The molecule has 152 valence electrons. The predicted molar refractivity (Wildman–Crippen MR) is 120 cm³/mol. The molecule has 0 saturated carbocycles. The zero-order chi connectivity index (χ0) is 21.2. The second kappa shape index (κ2) is 7.87. The lowest BCUT2D eigenvalue weighted by molar-refractivity contribution is -0.114. The van der Waals surface area contributed by atoms with E-state index in [4.69, 9.17) is 0 Å². The summed E-state index contributed by atoms with van der Waals surface area (Å²) in [5.41, 5.74) is 2.15. The van der Waals surface area contributed by atoms with Crippen LogP contribution in [-0.4, -0.2) is 27.1 Å². The molecule has 0 aliphatic rings. The Labute approximate surface area is 172 Å². The van der Waals surface area contributed by atoms with Crippen molar-refractivity contribution in [3.63, 3.8) is 0 Å². The zero-order valence-electron chi connectivity index (χ0n) is 17.1. The van der Waals surface area contributed by atoms with E-state index in [1.54, 1.807) is 12.1 Å². The van der Waals surface area contributed by atoms with Crippen LogP contribution in [0.2, 0.25) is 0 Å². The Morgan fingerprint density at radius 2 is 1.55 bits per heavy atom. The van der Waals surface area contributed by atoms with Gasteiger partial charge in [-0.3, -0.25) is 9.10 Å². The van der Waals surface area contributed by atoms with Gasteiger partial charge >= 0.3 is 0 Å². The Morgan fingerprint density at radius 3 is 2.14 bits per heavy atom. The second-order valence-corrected chi connectivity index (χ2v) is 10.1. The third-order valence-electron chi connectivity index (χ3n) is 4.74. The van der Waals surface area contributed by atoms with E-state index in [1.807, 2.05) is 54.6 Å². The third kappa shape index (κ3) is 5.15. The predicted octanol–water partition coefficient (Wildman–Crippen LogP) is 4.54. The minimum Gasteiger partial charge on any atom is -0.324 e. The molecule has 5 nitrogen and oxygen atoms in total. The number of carbonyl (C=O) groups is 1. The van der Waals surface area contributed by atoms with Crippen molar-refractivity contribution in [2.45, 2.75) is 26.2 Å². The molecule has 0 radical (unpaired) electrons. The number of carbonyl (C=O) groups excluding carboxylic acids is 1. The molecule has 0 spiro atoms. The van der Waals surface area contributed by atoms with Crippen LogP contribution in [0, 0.1) is 0 Å². The molecule has 1 amide bonds. The molecule has 0 aliphatic heterocycles. The van der Waals surface area contributed by atoms with E-state index >= 15 is 0 Å². The fraction of sp³-hybridized carbons (Fsp3) is 0.261. The number of amides is 1. The van der Waals surface area contributed by atoms with Crippen LogP contribution < -0.4 is 9.62 Å². The van der Waals surface area contributed by atoms with Gasteiger partial charge in [0.2, 0.25) is 15.9 Å². The lowest BCUT2D eigenvalue weighted by Crippen LogP contribution is -2.37. The smallest absolute Gasteiger partial charge is 0.245 e. The maximum Gasteiger partial charge on any atom is 0.245 e. The molecule has 0 aromatic heterocycles. The molecular weight excluding hydrogens is 384 g/mol. The minimum atomic E-state index is -3.62. The van der Waals surface area contributed by atoms with Crippen LogP contribution in [0.5, 0.6) is 0 Å². The standard InChI is InChI=1S/C23H26N2O3S/c1-23(2,3)19-10-13-21(14-11-19)25(29(4,27)28)16-22(26)24-20-12-9-17-7-5-6-8-18(17)15-20/h5-15H,16H2,1-4H3,(H,24,26).